The van der Waals surface area contributed by atoms with Crippen molar-refractivity contribution in [3.8, 4) is 5.75 Å². The second-order valence-corrected chi connectivity index (χ2v) is 7.21. The first-order chi connectivity index (χ1) is 12.6. The minimum Gasteiger partial charge on any atom is -0.508 e. The van der Waals surface area contributed by atoms with Gasteiger partial charge in [0.25, 0.3) is 5.91 Å². The highest BCUT2D eigenvalue weighted by Gasteiger charge is 2.35. The Morgan fingerprint density at radius 3 is 2.54 bits per heavy atom. The summed E-state index contributed by atoms with van der Waals surface area (Å²) in [6.45, 7) is 0.269. The van der Waals surface area contributed by atoms with E-state index in [2.05, 4.69) is 4.99 Å². The lowest BCUT2D eigenvalue weighted by Gasteiger charge is -2.25. The highest BCUT2D eigenvalue weighted by molar-refractivity contribution is 6.32. The van der Waals surface area contributed by atoms with Crippen LogP contribution in [0.3, 0.4) is 0 Å². The SMILES string of the molecule is O=C1C(CO)N=C(c2ccc(O)cc2)c2cc(Cl)ccc2N1CC1CC1. The fourth-order valence-corrected chi connectivity index (χ4v) is 3.40. The van der Waals surface area contributed by atoms with E-state index in [1.165, 1.54) is 0 Å². The van der Waals surface area contributed by atoms with Gasteiger partial charge in [0.15, 0.2) is 6.04 Å². The zero-order valence-electron chi connectivity index (χ0n) is 14.1. The van der Waals surface area contributed by atoms with Crippen LogP contribution < -0.4 is 4.90 Å². The molecule has 1 saturated carbocycles. The van der Waals surface area contributed by atoms with Gasteiger partial charge in [-0.1, -0.05) is 11.6 Å². The van der Waals surface area contributed by atoms with Gasteiger partial charge in [-0.3, -0.25) is 9.79 Å². The molecule has 26 heavy (non-hydrogen) atoms. The predicted octanol–water partition coefficient (Wildman–Crippen LogP) is 3.00. The number of aromatic hydroxyl groups is 1. The zero-order valence-corrected chi connectivity index (χ0v) is 14.9. The molecule has 1 fully saturated rings. The van der Waals surface area contributed by atoms with Crippen LogP contribution in [-0.4, -0.2) is 41.0 Å². The van der Waals surface area contributed by atoms with Crippen LogP contribution in [0.5, 0.6) is 5.75 Å². The number of amides is 1. The summed E-state index contributed by atoms with van der Waals surface area (Å²) in [6.07, 6.45) is 2.23. The summed E-state index contributed by atoms with van der Waals surface area (Å²) < 4.78 is 0. The second-order valence-electron chi connectivity index (χ2n) is 6.78. The van der Waals surface area contributed by atoms with Crippen molar-refractivity contribution >= 4 is 28.9 Å². The minimum absolute atomic E-state index is 0.152. The summed E-state index contributed by atoms with van der Waals surface area (Å²) in [5, 5.41) is 19.9. The Labute approximate surface area is 156 Å². The number of anilines is 1. The Hall–Kier alpha value is -2.37. The molecular formula is C20H19ClN2O3. The summed E-state index contributed by atoms with van der Waals surface area (Å²) in [5.41, 5.74) is 2.86. The van der Waals surface area contributed by atoms with Gasteiger partial charge in [0, 0.05) is 22.7 Å². The van der Waals surface area contributed by atoms with Crippen molar-refractivity contribution in [2.24, 2.45) is 10.9 Å². The van der Waals surface area contributed by atoms with Crippen LogP contribution in [0.15, 0.2) is 47.5 Å². The van der Waals surface area contributed by atoms with Crippen LogP contribution in [0.2, 0.25) is 5.02 Å². The molecule has 1 amide bonds. The van der Waals surface area contributed by atoms with Crippen LogP contribution in [0, 0.1) is 5.92 Å². The summed E-state index contributed by atoms with van der Waals surface area (Å²) in [6, 6.07) is 11.2. The molecule has 1 aliphatic carbocycles. The largest absolute Gasteiger partial charge is 0.508 e. The fraction of sp³-hybridized carbons (Fsp3) is 0.300. The average Bonchev–Trinajstić information content (AvgIpc) is 3.46. The number of phenols is 1. The molecule has 1 unspecified atom stereocenters. The summed E-state index contributed by atoms with van der Waals surface area (Å²) in [5.74, 6) is 0.452. The Morgan fingerprint density at radius 2 is 1.88 bits per heavy atom. The van der Waals surface area contributed by atoms with E-state index in [0.717, 1.165) is 29.7 Å². The number of hydrogen-bond donors (Lipinski definition) is 2. The topological polar surface area (TPSA) is 73.1 Å². The number of carbonyl (C=O) groups is 1. The van der Waals surface area contributed by atoms with Crippen molar-refractivity contribution in [1.82, 2.24) is 0 Å². The number of hydrogen-bond acceptors (Lipinski definition) is 4. The number of phenolic OH excluding ortho intramolecular Hbond substituents is 1. The van der Waals surface area contributed by atoms with Gasteiger partial charge >= 0.3 is 0 Å². The molecule has 0 bridgehead atoms. The van der Waals surface area contributed by atoms with Gasteiger partial charge in [0.1, 0.15) is 5.75 Å². The highest BCUT2D eigenvalue weighted by Crippen LogP contribution is 2.36. The molecule has 1 aliphatic heterocycles. The first-order valence-corrected chi connectivity index (χ1v) is 9.04. The maximum atomic E-state index is 13.0. The molecule has 5 nitrogen and oxygen atoms in total. The molecule has 0 spiro atoms. The number of aliphatic imine (C=N–C) groups is 1. The highest BCUT2D eigenvalue weighted by atomic mass is 35.5. The van der Waals surface area contributed by atoms with Gasteiger partial charge < -0.3 is 15.1 Å². The van der Waals surface area contributed by atoms with Crippen LogP contribution in [0.4, 0.5) is 5.69 Å². The smallest absolute Gasteiger partial charge is 0.254 e. The number of aliphatic hydroxyl groups is 1. The number of benzodiazepines with no additional fused rings is 1. The number of rotatable bonds is 4. The molecule has 0 aromatic heterocycles. The first kappa shape index (κ1) is 17.1. The quantitative estimate of drug-likeness (QED) is 0.868. The lowest BCUT2D eigenvalue weighted by atomic mass is 10.00. The summed E-state index contributed by atoms with van der Waals surface area (Å²) >= 11 is 6.23. The lowest BCUT2D eigenvalue weighted by Crippen LogP contribution is -2.40. The number of nitrogens with zero attached hydrogens (tertiary/aromatic N) is 2. The van der Waals surface area contributed by atoms with Crippen LogP contribution in [-0.2, 0) is 4.79 Å². The van der Waals surface area contributed by atoms with E-state index in [1.807, 2.05) is 6.07 Å². The van der Waals surface area contributed by atoms with Crippen molar-refractivity contribution in [1.29, 1.82) is 0 Å². The summed E-state index contributed by atoms with van der Waals surface area (Å²) in [7, 11) is 0. The monoisotopic (exact) mass is 370 g/mol. The molecule has 1 heterocycles. The van der Waals surface area contributed by atoms with Crippen molar-refractivity contribution < 1.29 is 15.0 Å². The van der Waals surface area contributed by atoms with E-state index in [4.69, 9.17) is 11.6 Å². The van der Waals surface area contributed by atoms with Crippen molar-refractivity contribution in [2.75, 3.05) is 18.1 Å². The van der Waals surface area contributed by atoms with E-state index in [0.29, 0.717) is 23.2 Å². The van der Waals surface area contributed by atoms with Gasteiger partial charge in [0.2, 0.25) is 0 Å². The lowest BCUT2D eigenvalue weighted by molar-refractivity contribution is -0.120. The number of carbonyl (C=O) groups excluding carboxylic acids is 1. The maximum Gasteiger partial charge on any atom is 0.254 e. The Morgan fingerprint density at radius 1 is 1.15 bits per heavy atom. The fourth-order valence-electron chi connectivity index (χ4n) is 3.23. The van der Waals surface area contributed by atoms with Gasteiger partial charge in [-0.2, -0.15) is 0 Å². The Balaban J connectivity index is 1.89. The molecule has 6 heteroatoms. The molecule has 0 radical (unpaired) electrons. The number of halogens is 1. The number of benzene rings is 2. The molecule has 2 aliphatic rings. The summed E-state index contributed by atoms with van der Waals surface area (Å²) in [4.78, 5) is 19.3. The van der Waals surface area contributed by atoms with Gasteiger partial charge in [0.05, 0.1) is 18.0 Å². The van der Waals surface area contributed by atoms with Crippen molar-refractivity contribution in [2.45, 2.75) is 18.9 Å². The molecule has 2 aromatic rings. The second kappa shape index (κ2) is 6.74. The van der Waals surface area contributed by atoms with E-state index in [1.54, 1.807) is 41.3 Å². The Kier molecular flexibility index (Phi) is 4.42. The first-order valence-electron chi connectivity index (χ1n) is 8.66. The molecule has 4 rings (SSSR count). The molecule has 2 N–H and O–H groups in total. The van der Waals surface area contributed by atoms with Crippen molar-refractivity contribution in [3.63, 3.8) is 0 Å². The van der Waals surface area contributed by atoms with Crippen LogP contribution >= 0.6 is 11.6 Å². The normalized spacial score (nSPS) is 19.8. The molecule has 0 saturated heterocycles. The third kappa shape index (κ3) is 3.20. The maximum absolute atomic E-state index is 13.0. The predicted molar refractivity (Wildman–Crippen MR) is 101 cm³/mol. The zero-order chi connectivity index (χ0) is 18.3. The third-order valence-corrected chi connectivity index (χ3v) is 5.03. The minimum atomic E-state index is -0.858. The average molecular weight is 371 g/mol. The van der Waals surface area contributed by atoms with E-state index < -0.39 is 6.04 Å². The van der Waals surface area contributed by atoms with E-state index in [-0.39, 0.29) is 18.3 Å². The third-order valence-electron chi connectivity index (χ3n) is 4.79. The number of fused-ring (bicyclic) bond motifs is 1. The van der Waals surface area contributed by atoms with Crippen LogP contribution in [0.1, 0.15) is 24.0 Å². The van der Waals surface area contributed by atoms with E-state index >= 15 is 0 Å². The standard InChI is InChI=1S/C20H19ClN2O3/c21-14-5-8-18-16(9-14)19(13-3-6-15(25)7-4-13)22-17(11-24)20(26)23(18)10-12-1-2-12/h3-9,12,17,24-25H,1-2,10-11H2. The molecule has 2 aromatic carbocycles. The number of aliphatic hydroxyl groups excluding tert-OH is 1. The molecule has 1 atom stereocenters. The molecule has 134 valence electrons. The van der Waals surface area contributed by atoms with Crippen molar-refractivity contribution in [3.05, 3.63) is 58.6 Å². The van der Waals surface area contributed by atoms with Gasteiger partial charge in [-0.25, -0.2) is 0 Å². The Bertz CT molecular complexity index is 875. The van der Waals surface area contributed by atoms with Gasteiger partial charge in [-0.05, 0) is 61.2 Å². The van der Waals surface area contributed by atoms with E-state index in [9.17, 15) is 15.0 Å². The van der Waals surface area contributed by atoms with Crippen LogP contribution in [0.25, 0.3) is 0 Å². The van der Waals surface area contributed by atoms with Gasteiger partial charge in [-0.15, -0.1) is 0 Å². The molecular weight excluding hydrogens is 352 g/mol.